The summed E-state index contributed by atoms with van der Waals surface area (Å²) in [4.78, 5) is 107. The van der Waals surface area contributed by atoms with Crippen molar-refractivity contribution in [2.45, 2.75) is 233 Å². The molecule has 552 valence electrons. The lowest BCUT2D eigenvalue weighted by Gasteiger charge is -2.45. The molecular formula is C90H100N4O10S2. The van der Waals surface area contributed by atoms with Crippen LogP contribution in [0.5, 0.6) is 46.0 Å². The molecule has 0 spiro atoms. The van der Waals surface area contributed by atoms with Crippen LogP contribution in [0.15, 0.2) is 97.1 Å². The monoisotopic (exact) mass is 1460 g/mol. The van der Waals surface area contributed by atoms with Crippen LogP contribution in [0.25, 0.3) is 43.1 Å². The number of rotatable bonds is 22. The van der Waals surface area contributed by atoms with Gasteiger partial charge in [0.15, 0.2) is 0 Å². The second-order valence-electron chi connectivity index (χ2n) is 31.4. The summed E-state index contributed by atoms with van der Waals surface area (Å²) < 4.78 is 30.1. The van der Waals surface area contributed by atoms with Gasteiger partial charge in [0.2, 0.25) is 11.8 Å². The first-order valence-corrected chi connectivity index (χ1v) is 41.9. The van der Waals surface area contributed by atoms with Crippen molar-refractivity contribution in [3.63, 3.8) is 0 Å². The summed E-state index contributed by atoms with van der Waals surface area (Å²) in [7, 11) is 0. The average molecular weight is 1460 g/mol. The van der Waals surface area contributed by atoms with Crippen LogP contribution in [0.1, 0.15) is 227 Å². The number of ether oxygens (including phenoxy) is 4. The van der Waals surface area contributed by atoms with Crippen LogP contribution in [0.2, 0.25) is 0 Å². The molecule has 9 aromatic rings. The number of imide groups is 2. The van der Waals surface area contributed by atoms with E-state index in [1.54, 1.807) is 47.8 Å². The summed E-state index contributed by atoms with van der Waals surface area (Å²) in [6.45, 7) is 16.0. The van der Waals surface area contributed by atoms with Crippen LogP contribution < -0.4 is 18.9 Å². The van der Waals surface area contributed by atoms with Gasteiger partial charge >= 0.3 is 0 Å². The minimum absolute atomic E-state index is 0.0183. The molecule has 15 rings (SSSR count). The standard InChI is InChI=1S/C90H100N4O10S2/c1-51-31-35-69(55(5)43-51)101-73-47-63-77-64(86(96)93(85(63)95)67(39-41-105-9)89(99)91(59-23-15-11-16-24-59)60-25-17-12-18-26-60)49-75(103-71-37-33-53(3)45-57(71)7)81-82-76(104-72-38-34-54(4)46-58(72)8)50-66-78-65(48-74(80(84(78)82)79(73)83(77)81)102-70-36-32-52(2)44-56(70)6)87(97)94(88(66)98)68(40-42-106-10)90(100)92(61-27-19-13-20-28-61)62-29-21-14-22-30-62/h31-38,43-50,59-62,67-68H,11-30,39-42H2,1-10H3. The van der Waals surface area contributed by atoms with Gasteiger partial charge in [-0.05, 0) is 214 Å². The van der Waals surface area contributed by atoms with Gasteiger partial charge in [-0.25, -0.2) is 0 Å². The summed E-state index contributed by atoms with van der Waals surface area (Å²) >= 11 is 3.16. The van der Waals surface area contributed by atoms with E-state index in [9.17, 15) is 0 Å². The summed E-state index contributed by atoms with van der Waals surface area (Å²) in [6.07, 6.45) is 23.8. The smallest absolute Gasteiger partial charge is 0.262 e. The van der Waals surface area contributed by atoms with Crippen LogP contribution in [0, 0.1) is 55.4 Å². The Hall–Kier alpha value is -8.60. The number of hydrogen-bond acceptors (Lipinski definition) is 12. The fraction of sp³-hybridized carbons (Fsp3) is 0.444. The maximum atomic E-state index is 16.9. The molecule has 9 aromatic carbocycles. The maximum absolute atomic E-state index is 16.9. The van der Waals surface area contributed by atoms with Crippen molar-refractivity contribution in [3.8, 4) is 46.0 Å². The van der Waals surface area contributed by atoms with Gasteiger partial charge in [-0.2, -0.15) is 23.5 Å². The van der Waals surface area contributed by atoms with Gasteiger partial charge in [-0.1, -0.05) is 148 Å². The lowest BCUT2D eigenvalue weighted by Crippen LogP contribution is -2.59. The molecule has 2 heterocycles. The Morgan fingerprint density at radius 1 is 0.340 bits per heavy atom. The summed E-state index contributed by atoms with van der Waals surface area (Å²) in [5, 5.41) is 3.07. The number of thioether (sulfide) groups is 2. The van der Waals surface area contributed by atoms with E-state index >= 15 is 28.8 Å². The Kier molecular flexibility index (Phi) is 21.0. The van der Waals surface area contributed by atoms with Gasteiger partial charge in [-0.15, -0.1) is 0 Å². The number of fused-ring (bicyclic) bond motifs is 2. The van der Waals surface area contributed by atoms with E-state index in [2.05, 4.69) is 9.80 Å². The molecule has 0 N–H and O–H groups in total. The highest BCUT2D eigenvalue weighted by Crippen LogP contribution is 2.59. The van der Waals surface area contributed by atoms with Crippen LogP contribution >= 0.6 is 23.5 Å². The Labute approximate surface area is 632 Å². The fourth-order valence-corrected chi connectivity index (χ4v) is 19.8. The number of amides is 6. The molecule has 2 aliphatic heterocycles. The summed E-state index contributed by atoms with van der Waals surface area (Å²) in [5.41, 5.74) is 7.85. The Bertz CT molecular complexity index is 4400. The normalized spacial score (nSPS) is 17.6. The van der Waals surface area contributed by atoms with Crippen molar-refractivity contribution in [1.82, 2.24) is 19.6 Å². The Morgan fingerprint density at radius 2 is 0.575 bits per heavy atom. The van der Waals surface area contributed by atoms with E-state index in [1.807, 2.05) is 141 Å². The highest BCUT2D eigenvalue weighted by molar-refractivity contribution is 7.98. The number of benzene rings is 9. The van der Waals surface area contributed by atoms with Crippen LogP contribution in [-0.4, -0.2) is 115 Å². The first kappa shape index (κ1) is 72.9. The third-order valence-corrected chi connectivity index (χ3v) is 25.2. The van der Waals surface area contributed by atoms with Gasteiger partial charge in [0.25, 0.3) is 23.6 Å². The topological polar surface area (TPSA) is 152 Å². The second kappa shape index (κ2) is 30.6. The molecule has 4 saturated carbocycles. The Morgan fingerprint density at radius 3 is 0.792 bits per heavy atom. The zero-order chi connectivity index (χ0) is 73.9. The molecule has 4 aliphatic carbocycles. The molecule has 0 radical (unpaired) electrons. The van der Waals surface area contributed by atoms with Gasteiger partial charge in [-0.3, -0.25) is 38.6 Å². The molecule has 2 atom stereocenters. The molecule has 106 heavy (non-hydrogen) atoms. The second-order valence-corrected chi connectivity index (χ2v) is 33.4. The molecule has 6 aliphatic rings. The first-order chi connectivity index (χ1) is 51.3. The van der Waals surface area contributed by atoms with E-state index in [0.29, 0.717) is 77.6 Å². The molecule has 4 fully saturated rings. The molecule has 16 heteroatoms. The first-order valence-electron chi connectivity index (χ1n) is 39.1. The fourth-order valence-electron chi connectivity index (χ4n) is 18.8. The number of aryl methyl sites for hydroxylation is 8. The van der Waals surface area contributed by atoms with Gasteiger partial charge in [0, 0.05) is 67.3 Å². The van der Waals surface area contributed by atoms with E-state index in [4.69, 9.17) is 18.9 Å². The molecular weight excluding hydrogens is 1360 g/mol. The lowest BCUT2D eigenvalue weighted by atomic mass is 9.80. The number of nitrogens with zero attached hydrogens (tertiary/aromatic N) is 4. The highest BCUT2D eigenvalue weighted by atomic mass is 32.2. The third-order valence-electron chi connectivity index (χ3n) is 23.9. The summed E-state index contributed by atoms with van der Waals surface area (Å²) in [6, 6.07) is 28.3. The zero-order valence-electron chi connectivity index (χ0n) is 63.4. The van der Waals surface area contributed by atoms with Crippen molar-refractivity contribution in [3.05, 3.63) is 164 Å². The third kappa shape index (κ3) is 13.5. The van der Waals surface area contributed by atoms with E-state index in [0.717, 1.165) is 173 Å². The van der Waals surface area contributed by atoms with E-state index < -0.39 is 35.7 Å². The zero-order valence-corrected chi connectivity index (χ0v) is 65.0. The predicted octanol–water partition coefficient (Wildman–Crippen LogP) is 21.8. The molecule has 0 saturated heterocycles. The van der Waals surface area contributed by atoms with Crippen LogP contribution in [-0.2, 0) is 9.59 Å². The quantitative estimate of drug-likeness (QED) is 0.0361. The number of hydrogen-bond donors (Lipinski definition) is 0. The SMILES string of the molecule is CSCCC(C(=O)N(C1CCCCC1)C1CCCCC1)N1C(=O)c2cc(Oc3ccc(C)cc3C)c3c4c(Oc5ccc(C)cc5C)cc5c6c(cc(Oc7ccc(C)cc7C)c(c7c(Oc8ccc(C)cc8C)cc(c2c37)C1=O)c64)C(=O)N(C(CCSC)C(=O)N(C1CCCCC1)C1CCCCC1)C5=O. The largest absolute Gasteiger partial charge is 0.456 e. The Balaban J connectivity index is 1.08. The highest BCUT2D eigenvalue weighted by Gasteiger charge is 2.50. The summed E-state index contributed by atoms with van der Waals surface area (Å²) in [5.74, 6) is 0.911. The van der Waals surface area contributed by atoms with Gasteiger partial charge < -0.3 is 28.7 Å². The van der Waals surface area contributed by atoms with Gasteiger partial charge in [0.05, 0.1) is 22.3 Å². The maximum Gasteiger partial charge on any atom is 0.262 e. The molecule has 0 aromatic heterocycles. The van der Waals surface area contributed by atoms with Crippen molar-refractivity contribution in [2.24, 2.45) is 0 Å². The molecule has 14 nitrogen and oxygen atoms in total. The van der Waals surface area contributed by atoms with Crippen molar-refractivity contribution in [1.29, 1.82) is 0 Å². The average Bonchev–Trinajstić information content (AvgIpc) is 0.669. The van der Waals surface area contributed by atoms with E-state index in [-0.39, 0.29) is 94.1 Å². The van der Waals surface area contributed by atoms with Crippen molar-refractivity contribution >= 4 is 102 Å². The molecule has 6 amide bonds. The van der Waals surface area contributed by atoms with Crippen LogP contribution in [0.4, 0.5) is 0 Å². The van der Waals surface area contributed by atoms with E-state index in [1.165, 1.54) is 9.80 Å². The van der Waals surface area contributed by atoms with Crippen LogP contribution in [0.3, 0.4) is 0 Å². The minimum atomic E-state index is -1.15. The molecule has 0 bridgehead atoms. The predicted molar refractivity (Wildman–Crippen MR) is 427 cm³/mol. The number of carbonyl (C=O) groups excluding carboxylic acids is 6. The van der Waals surface area contributed by atoms with Crippen molar-refractivity contribution in [2.75, 3.05) is 24.0 Å². The lowest BCUT2D eigenvalue weighted by molar-refractivity contribution is -0.143. The van der Waals surface area contributed by atoms with Gasteiger partial charge in [0.1, 0.15) is 58.1 Å². The number of carbonyl (C=O) groups is 6. The molecule has 2 unspecified atom stereocenters. The minimum Gasteiger partial charge on any atom is -0.456 e. The van der Waals surface area contributed by atoms with Crippen molar-refractivity contribution < 1.29 is 47.7 Å².